The number of rotatable bonds is 5. The number of hydrogen-bond donors (Lipinski definition) is 1. The lowest BCUT2D eigenvalue weighted by molar-refractivity contribution is 0.372. The molecule has 1 fully saturated rings. The molecule has 29 heavy (non-hydrogen) atoms. The fourth-order valence-corrected chi connectivity index (χ4v) is 3.30. The molecule has 6 nitrogen and oxygen atoms in total. The summed E-state index contributed by atoms with van der Waals surface area (Å²) in [6.07, 6.45) is 0. The lowest BCUT2D eigenvalue weighted by atomic mass is 10.1. The molecule has 0 aliphatic carbocycles. The average molecular weight is 505 g/mol. The Labute approximate surface area is 190 Å². The van der Waals surface area contributed by atoms with Crippen molar-refractivity contribution in [1.29, 1.82) is 5.26 Å². The van der Waals surface area contributed by atoms with Gasteiger partial charge in [0.2, 0.25) is 0 Å². The van der Waals surface area contributed by atoms with Gasteiger partial charge in [-0.2, -0.15) is 5.26 Å². The number of nitrogens with one attached hydrogen (secondary N) is 1. The number of guanidine groups is 1. The second kappa shape index (κ2) is 11.5. The van der Waals surface area contributed by atoms with Gasteiger partial charge in [0.25, 0.3) is 0 Å². The maximum absolute atomic E-state index is 9.06. The normalized spacial score (nSPS) is 14.0. The van der Waals surface area contributed by atoms with Gasteiger partial charge in [0, 0.05) is 38.4 Å². The number of hydrogen-bond acceptors (Lipinski definition) is 4. The van der Waals surface area contributed by atoms with Gasteiger partial charge in [0.1, 0.15) is 5.75 Å². The van der Waals surface area contributed by atoms with Crippen molar-refractivity contribution in [3.05, 3.63) is 59.7 Å². The molecule has 7 heteroatoms. The van der Waals surface area contributed by atoms with Gasteiger partial charge in [-0.15, -0.1) is 24.0 Å². The molecule has 1 saturated heterocycles. The minimum absolute atomic E-state index is 0. The molecule has 0 atom stereocenters. The molecule has 0 bridgehead atoms. The summed E-state index contributed by atoms with van der Waals surface area (Å²) in [7, 11) is 1.69. The van der Waals surface area contributed by atoms with E-state index in [9.17, 15) is 0 Å². The fourth-order valence-electron chi connectivity index (χ4n) is 3.30. The molecule has 1 heterocycles. The topological polar surface area (TPSA) is 63.9 Å². The van der Waals surface area contributed by atoms with E-state index in [1.807, 2.05) is 36.4 Å². The molecule has 0 amide bonds. The van der Waals surface area contributed by atoms with Crippen LogP contribution in [0, 0.1) is 11.3 Å². The summed E-state index contributed by atoms with van der Waals surface area (Å²) < 4.78 is 5.24. The fraction of sp³-hybridized carbons (Fsp3) is 0.364. The van der Waals surface area contributed by atoms with Gasteiger partial charge >= 0.3 is 0 Å². The summed E-state index contributed by atoms with van der Waals surface area (Å²) in [6.45, 7) is 7.19. The van der Waals surface area contributed by atoms with E-state index in [-0.39, 0.29) is 24.0 Å². The molecule has 0 unspecified atom stereocenters. The minimum Gasteiger partial charge on any atom is -0.497 e. The molecule has 1 aliphatic heterocycles. The van der Waals surface area contributed by atoms with Crippen LogP contribution in [0.1, 0.15) is 18.1 Å². The standard InChI is InChI=1S/C22H27N5O.HI/c1-3-24-22(25-17-19-6-4-5-18(15-19)16-23)27-13-11-26(12-14-27)20-7-9-21(28-2)10-8-20;/h4-10,15H,3,11-14,17H2,1-2H3,(H,24,25);1H. The van der Waals surface area contributed by atoms with Gasteiger partial charge in [0.05, 0.1) is 25.3 Å². The molecule has 1 N–H and O–H groups in total. The third kappa shape index (κ3) is 6.26. The Kier molecular flexibility index (Phi) is 9.06. The molecule has 0 radical (unpaired) electrons. The first-order chi connectivity index (χ1) is 13.7. The van der Waals surface area contributed by atoms with Crippen LogP contribution in [-0.2, 0) is 6.54 Å². The number of halogens is 1. The molecule has 1 aliphatic rings. The van der Waals surface area contributed by atoms with Gasteiger partial charge in [-0.3, -0.25) is 0 Å². The highest BCUT2D eigenvalue weighted by Gasteiger charge is 2.19. The lowest BCUT2D eigenvalue weighted by Crippen LogP contribution is -2.52. The van der Waals surface area contributed by atoms with Crippen LogP contribution < -0.4 is 15.0 Å². The molecular formula is C22H28IN5O. The van der Waals surface area contributed by atoms with Crippen LogP contribution >= 0.6 is 24.0 Å². The van der Waals surface area contributed by atoms with E-state index in [1.165, 1.54) is 5.69 Å². The molecule has 2 aromatic carbocycles. The lowest BCUT2D eigenvalue weighted by Gasteiger charge is -2.37. The second-order valence-corrected chi connectivity index (χ2v) is 6.65. The van der Waals surface area contributed by atoms with Crippen molar-refractivity contribution in [2.24, 2.45) is 4.99 Å². The number of methoxy groups -OCH3 is 1. The van der Waals surface area contributed by atoms with E-state index >= 15 is 0 Å². The van der Waals surface area contributed by atoms with Crippen molar-refractivity contribution in [3.63, 3.8) is 0 Å². The van der Waals surface area contributed by atoms with Gasteiger partial charge in [-0.1, -0.05) is 12.1 Å². The van der Waals surface area contributed by atoms with Crippen molar-refractivity contribution in [2.75, 3.05) is 44.7 Å². The number of piperazine rings is 1. The highest BCUT2D eigenvalue weighted by Crippen LogP contribution is 2.20. The Bertz CT molecular complexity index is 839. The van der Waals surface area contributed by atoms with Gasteiger partial charge < -0.3 is 19.9 Å². The number of nitrogens with zero attached hydrogens (tertiary/aromatic N) is 4. The maximum Gasteiger partial charge on any atom is 0.194 e. The summed E-state index contributed by atoms with van der Waals surface area (Å²) in [5.74, 6) is 1.81. The number of benzene rings is 2. The molecule has 0 saturated carbocycles. The van der Waals surface area contributed by atoms with Gasteiger partial charge in [-0.05, 0) is 48.9 Å². The van der Waals surface area contributed by atoms with Crippen LogP contribution in [0.15, 0.2) is 53.5 Å². The van der Waals surface area contributed by atoms with Crippen molar-refractivity contribution < 1.29 is 4.74 Å². The van der Waals surface area contributed by atoms with Crippen LogP contribution in [0.4, 0.5) is 5.69 Å². The summed E-state index contributed by atoms with van der Waals surface area (Å²) >= 11 is 0. The van der Waals surface area contributed by atoms with Crippen molar-refractivity contribution >= 4 is 35.6 Å². The molecule has 3 rings (SSSR count). The van der Waals surface area contributed by atoms with E-state index in [0.29, 0.717) is 12.1 Å². The average Bonchev–Trinajstić information content (AvgIpc) is 2.77. The monoisotopic (exact) mass is 505 g/mol. The Balaban J connectivity index is 0.00000300. The largest absolute Gasteiger partial charge is 0.497 e. The summed E-state index contributed by atoms with van der Waals surface area (Å²) in [4.78, 5) is 9.48. The van der Waals surface area contributed by atoms with E-state index in [4.69, 9.17) is 15.0 Å². The zero-order valence-electron chi connectivity index (χ0n) is 17.0. The predicted molar refractivity (Wildman–Crippen MR) is 128 cm³/mol. The first-order valence-electron chi connectivity index (χ1n) is 9.64. The number of ether oxygens (including phenoxy) is 1. The van der Waals surface area contributed by atoms with Gasteiger partial charge in [0.15, 0.2) is 5.96 Å². The summed E-state index contributed by atoms with van der Waals surface area (Å²) in [6, 6.07) is 18.0. The highest BCUT2D eigenvalue weighted by atomic mass is 127. The Morgan fingerprint density at radius 3 is 2.48 bits per heavy atom. The van der Waals surface area contributed by atoms with Gasteiger partial charge in [-0.25, -0.2) is 4.99 Å². The molecule has 154 valence electrons. The third-order valence-corrected chi connectivity index (χ3v) is 4.82. The Morgan fingerprint density at radius 2 is 1.86 bits per heavy atom. The minimum atomic E-state index is 0. The van der Waals surface area contributed by atoms with Crippen molar-refractivity contribution in [1.82, 2.24) is 10.2 Å². The third-order valence-electron chi connectivity index (χ3n) is 4.82. The first-order valence-corrected chi connectivity index (χ1v) is 9.64. The zero-order valence-corrected chi connectivity index (χ0v) is 19.3. The Hall–Kier alpha value is -2.47. The van der Waals surface area contributed by atoms with E-state index in [0.717, 1.165) is 50.0 Å². The van der Waals surface area contributed by atoms with Crippen LogP contribution in [0.25, 0.3) is 0 Å². The molecule has 2 aromatic rings. The molecule has 0 spiro atoms. The SMILES string of the molecule is CCNC(=NCc1cccc(C#N)c1)N1CCN(c2ccc(OC)cc2)CC1.I. The van der Waals surface area contributed by atoms with Crippen molar-refractivity contribution in [2.45, 2.75) is 13.5 Å². The number of aliphatic imine (C=N–C) groups is 1. The van der Waals surface area contributed by atoms with Crippen LogP contribution in [-0.4, -0.2) is 50.7 Å². The quantitative estimate of drug-likeness (QED) is 0.383. The smallest absolute Gasteiger partial charge is 0.194 e. The van der Waals surface area contributed by atoms with Crippen LogP contribution in [0.5, 0.6) is 5.75 Å². The van der Waals surface area contributed by atoms with Crippen molar-refractivity contribution in [3.8, 4) is 11.8 Å². The molecular weight excluding hydrogens is 477 g/mol. The van der Waals surface area contributed by atoms with E-state index < -0.39 is 0 Å². The highest BCUT2D eigenvalue weighted by molar-refractivity contribution is 14.0. The predicted octanol–water partition coefficient (Wildman–Crippen LogP) is 3.47. The van der Waals surface area contributed by atoms with Crippen LogP contribution in [0.2, 0.25) is 0 Å². The number of anilines is 1. The summed E-state index contributed by atoms with van der Waals surface area (Å²) in [5, 5.41) is 12.5. The van der Waals surface area contributed by atoms with E-state index in [1.54, 1.807) is 7.11 Å². The maximum atomic E-state index is 9.06. The van der Waals surface area contributed by atoms with E-state index in [2.05, 4.69) is 40.2 Å². The zero-order chi connectivity index (χ0) is 19.8. The number of nitriles is 1. The Morgan fingerprint density at radius 1 is 1.14 bits per heavy atom. The second-order valence-electron chi connectivity index (χ2n) is 6.65. The first kappa shape index (κ1) is 22.8. The summed E-state index contributed by atoms with van der Waals surface area (Å²) in [5.41, 5.74) is 2.94. The van der Waals surface area contributed by atoms with Crippen LogP contribution in [0.3, 0.4) is 0 Å². The molecule has 0 aromatic heterocycles.